The minimum Gasteiger partial charge on any atom is -0.357 e. The highest BCUT2D eigenvalue weighted by atomic mass is 127. The van der Waals surface area contributed by atoms with Gasteiger partial charge in [-0.15, -0.1) is 24.0 Å². The zero-order chi connectivity index (χ0) is 16.8. The molecule has 5 nitrogen and oxygen atoms in total. The summed E-state index contributed by atoms with van der Waals surface area (Å²) in [5, 5.41) is 9.75. The molecular formula is C19H29IN4O. The number of hydrogen-bond acceptors (Lipinski definition) is 2. The number of carbonyl (C=O) groups is 1. The lowest BCUT2D eigenvalue weighted by atomic mass is 10.1. The van der Waals surface area contributed by atoms with Gasteiger partial charge in [0.15, 0.2) is 5.96 Å². The van der Waals surface area contributed by atoms with Gasteiger partial charge in [0.2, 0.25) is 5.91 Å². The third kappa shape index (κ3) is 6.49. The number of guanidine groups is 1. The molecular weight excluding hydrogens is 427 g/mol. The van der Waals surface area contributed by atoms with E-state index in [1.807, 2.05) is 18.2 Å². The lowest BCUT2D eigenvalue weighted by Crippen LogP contribution is -2.38. The Hall–Kier alpha value is -1.31. The molecule has 6 heteroatoms. The fraction of sp³-hybridized carbons (Fsp3) is 0.579. The molecule has 0 saturated heterocycles. The summed E-state index contributed by atoms with van der Waals surface area (Å²) < 4.78 is 0. The van der Waals surface area contributed by atoms with Gasteiger partial charge in [-0.05, 0) is 50.3 Å². The van der Waals surface area contributed by atoms with Crippen LogP contribution in [0, 0.1) is 5.92 Å². The van der Waals surface area contributed by atoms with Crippen LogP contribution in [0.5, 0.6) is 0 Å². The van der Waals surface area contributed by atoms with Crippen LogP contribution in [-0.4, -0.2) is 24.5 Å². The first-order valence-electron chi connectivity index (χ1n) is 9.19. The monoisotopic (exact) mass is 456 g/mol. The molecule has 138 valence electrons. The predicted octanol–water partition coefficient (Wildman–Crippen LogP) is 3.65. The number of amides is 1. The smallest absolute Gasteiger partial charge is 0.227 e. The lowest BCUT2D eigenvalue weighted by Gasteiger charge is -2.12. The van der Waals surface area contributed by atoms with E-state index < -0.39 is 0 Å². The third-order valence-electron chi connectivity index (χ3n) is 4.60. The average molecular weight is 456 g/mol. The van der Waals surface area contributed by atoms with Crippen molar-refractivity contribution < 1.29 is 4.79 Å². The Balaban J connectivity index is 0.00000225. The van der Waals surface area contributed by atoms with Gasteiger partial charge in [-0.3, -0.25) is 4.79 Å². The Morgan fingerprint density at radius 3 is 2.64 bits per heavy atom. The lowest BCUT2D eigenvalue weighted by molar-refractivity contribution is -0.119. The SMILES string of the molecule is CCNC(=NCc1cccc(NC(=O)C2CCCC2)c1)NC1CC1.I. The van der Waals surface area contributed by atoms with Crippen LogP contribution in [0.25, 0.3) is 0 Å². The number of hydrogen-bond donors (Lipinski definition) is 3. The number of benzene rings is 1. The van der Waals surface area contributed by atoms with Crippen LogP contribution in [0.4, 0.5) is 5.69 Å². The van der Waals surface area contributed by atoms with E-state index in [0.29, 0.717) is 12.6 Å². The van der Waals surface area contributed by atoms with E-state index in [4.69, 9.17) is 0 Å². The maximum Gasteiger partial charge on any atom is 0.227 e. The molecule has 0 atom stereocenters. The summed E-state index contributed by atoms with van der Waals surface area (Å²) in [6.45, 7) is 3.54. The van der Waals surface area contributed by atoms with Gasteiger partial charge in [0, 0.05) is 24.2 Å². The van der Waals surface area contributed by atoms with Crippen LogP contribution in [0.2, 0.25) is 0 Å². The number of carbonyl (C=O) groups excluding carboxylic acids is 1. The van der Waals surface area contributed by atoms with Crippen molar-refractivity contribution in [3.05, 3.63) is 29.8 Å². The number of rotatable bonds is 6. The molecule has 0 heterocycles. The van der Waals surface area contributed by atoms with E-state index in [1.165, 1.54) is 25.7 Å². The van der Waals surface area contributed by atoms with Gasteiger partial charge in [-0.2, -0.15) is 0 Å². The van der Waals surface area contributed by atoms with E-state index in [-0.39, 0.29) is 35.8 Å². The number of aliphatic imine (C=N–C) groups is 1. The van der Waals surface area contributed by atoms with Crippen molar-refractivity contribution in [2.24, 2.45) is 10.9 Å². The molecule has 1 aromatic rings. The highest BCUT2D eigenvalue weighted by molar-refractivity contribution is 14.0. The minimum absolute atomic E-state index is 0. The predicted molar refractivity (Wildman–Crippen MR) is 113 cm³/mol. The van der Waals surface area contributed by atoms with Crippen LogP contribution in [0.15, 0.2) is 29.3 Å². The van der Waals surface area contributed by atoms with Crippen molar-refractivity contribution in [3.8, 4) is 0 Å². The van der Waals surface area contributed by atoms with Crippen LogP contribution < -0.4 is 16.0 Å². The molecule has 1 amide bonds. The van der Waals surface area contributed by atoms with Crippen molar-refractivity contribution in [3.63, 3.8) is 0 Å². The first kappa shape index (κ1) is 20.0. The van der Waals surface area contributed by atoms with Gasteiger partial charge in [-0.25, -0.2) is 4.99 Å². The summed E-state index contributed by atoms with van der Waals surface area (Å²) in [6.07, 6.45) is 6.85. The zero-order valence-corrected chi connectivity index (χ0v) is 17.2. The standard InChI is InChI=1S/C19H28N4O.HI/c1-2-20-19(23-16-10-11-16)21-13-14-6-5-9-17(12-14)22-18(24)15-7-3-4-8-15;/h5-6,9,12,15-16H,2-4,7-8,10-11,13H2,1H3,(H,22,24)(H2,20,21,23);1H. The summed E-state index contributed by atoms with van der Waals surface area (Å²) in [5.41, 5.74) is 1.98. The van der Waals surface area contributed by atoms with Crippen molar-refractivity contribution >= 4 is 41.5 Å². The van der Waals surface area contributed by atoms with Gasteiger partial charge in [0.1, 0.15) is 0 Å². The molecule has 0 radical (unpaired) electrons. The van der Waals surface area contributed by atoms with E-state index in [0.717, 1.165) is 36.6 Å². The maximum atomic E-state index is 12.2. The largest absolute Gasteiger partial charge is 0.357 e. The zero-order valence-electron chi connectivity index (χ0n) is 14.9. The first-order valence-corrected chi connectivity index (χ1v) is 9.19. The fourth-order valence-electron chi connectivity index (χ4n) is 3.09. The quantitative estimate of drug-likeness (QED) is 0.348. The summed E-state index contributed by atoms with van der Waals surface area (Å²) in [7, 11) is 0. The van der Waals surface area contributed by atoms with E-state index in [9.17, 15) is 4.79 Å². The van der Waals surface area contributed by atoms with Crippen LogP contribution in [0.3, 0.4) is 0 Å². The van der Waals surface area contributed by atoms with Gasteiger partial charge >= 0.3 is 0 Å². The number of anilines is 1. The number of halogens is 1. The van der Waals surface area contributed by atoms with Crippen LogP contribution in [0.1, 0.15) is 51.0 Å². The molecule has 2 saturated carbocycles. The van der Waals surface area contributed by atoms with Gasteiger partial charge in [-0.1, -0.05) is 25.0 Å². The van der Waals surface area contributed by atoms with E-state index >= 15 is 0 Å². The fourth-order valence-corrected chi connectivity index (χ4v) is 3.09. The summed E-state index contributed by atoms with van der Waals surface area (Å²) in [5.74, 6) is 1.23. The molecule has 2 fully saturated rings. The summed E-state index contributed by atoms with van der Waals surface area (Å²) >= 11 is 0. The number of nitrogens with one attached hydrogen (secondary N) is 3. The third-order valence-corrected chi connectivity index (χ3v) is 4.60. The molecule has 3 rings (SSSR count). The first-order chi connectivity index (χ1) is 11.7. The van der Waals surface area contributed by atoms with Gasteiger partial charge in [0.25, 0.3) is 0 Å². The second-order valence-electron chi connectivity index (χ2n) is 6.78. The Bertz CT molecular complexity index is 595. The molecule has 0 unspecified atom stereocenters. The Kier molecular flexibility index (Phi) is 7.99. The Morgan fingerprint density at radius 1 is 1.20 bits per heavy atom. The topological polar surface area (TPSA) is 65.5 Å². The molecule has 1 aromatic carbocycles. The van der Waals surface area contributed by atoms with Crippen molar-refractivity contribution in [2.75, 3.05) is 11.9 Å². The molecule has 0 aromatic heterocycles. The normalized spacial score (nSPS) is 17.7. The average Bonchev–Trinajstić information content (AvgIpc) is 3.22. The van der Waals surface area contributed by atoms with E-state index in [2.05, 4.69) is 33.9 Å². The summed E-state index contributed by atoms with van der Waals surface area (Å²) in [4.78, 5) is 16.9. The molecule has 3 N–H and O–H groups in total. The van der Waals surface area contributed by atoms with Crippen LogP contribution >= 0.6 is 24.0 Å². The number of nitrogens with zero attached hydrogens (tertiary/aromatic N) is 1. The Morgan fingerprint density at radius 2 is 1.96 bits per heavy atom. The molecule has 2 aliphatic carbocycles. The molecule has 0 aliphatic heterocycles. The van der Waals surface area contributed by atoms with Gasteiger partial charge in [0.05, 0.1) is 6.54 Å². The van der Waals surface area contributed by atoms with Crippen molar-refractivity contribution in [1.82, 2.24) is 10.6 Å². The van der Waals surface area contributed by atoms with Crippen LogP contribution in [-0.2, 0) is 11.3 Å². The highest BCUT2D eigenvalue weighted by Crippen LogP contribution is 2.26. The second kappa shape index (κ2) is 9.99. The minimum atomic E-state index is 0. The maximum absolute atomic E-state index is 12.2. The van der Waals surface area contributed by atoms with Gasteiger partial charge < -0.3 is 16.0 Å². The molecule has 0 spiro atoms. The van der Waals surface area contributed by atoms with E-state index in [1.54, 1.807) is 0 Å². The molecule has 2 aliphatic rings. The molecule has 25 heavy (non-hydrogen) atoms. The highest BCUT2D eigenvalue weighted by Gasteiger charge is 2.23. The summed E-state index contributed by atoms with van der Waals surface area (Å²) in [6, 6.07) is 8.59. The van der Waals surface area contributed by atoms with Crippen molar-refractivity contribution in [1.29, 1.82) is 0 Å². The van der Waals surface area contributed by atoms with Crippen molar-refractivity contribution in [2.45, 2.75) is 58.0 Å². The molecule has 0 bridgehead atoms. The Labute approximate surface area is 167 Å². The second-order valence-corrected chi connectivity index (χ2v) is 6.78.